The third-order valence-electron chi connectivity index (χ3n) is 3.20. The molecule has 0 aromatic rings. The van der Waals surface area contributed by atoms with Crippen molar-refractivity contribution in [1.29, 1.82) is 0 Å². The number of β-lactam (4-membered cyclic amide) rings is 4. The van der Waals surface area contributed by atoms with E-state index in [0.717, 1.165) is 16.2 Å². The minimum Gasteiger partial charge on any atom is -0.542 e. The topological polar surface area (TPSA) is 109 Å². The number of carbonyl (C=O) groups is 4. The Morgan fingerprint density at radius 3 is 1.50 bits per heavy atom. The van der Waals surface area contributed by atoms with Gasteiger partial charge in [-0.1, -0.05) is 20.3 Å². The molecule has 24 heavy (non-hydrogen) atoms. The summed E-state index contributed by atoms with van der Waals surface area (Å²) in [6.45, 7) is 5.52. The van der Waals surface area contributed by atoms with Crippen LogP contribution in [0.5, 0.6) is 0 Å². The van der Waals surface area contributed by atoms with Gasteiger partial charge >= 0.3 is 0 Å². The number of imide groups is 2. The average Bonchev–Trinajstić information content (AvgIpc) is 2.57. The summed E-state index contributed by atoms with van der Waals surface area (Å²) >= 11 is 0. The van der Waals surface area contributed by atoms with Crippen molar-refractivity contribution in [3.8, 4) is 0 Å². The molecule has 0 atom stereocenters. The van der Waals surface area contributed by atoms with Crippen LogP contribution in [0.4, 0.5) is 0 Å². The summed E-state index contributed by atoms with van der Waals surface area (Å²) in [5.41, 5.74) is -1.98. The van der Waals surface area contributed by atoms with Gasteiger partial charge in [0.25, 0.3) is 29.0 Å². The average molecular weight is 413 g/mol. The first-order valence-corrected chi connectivity index (χ1v) is 7.21. The van der Waals surface area contributed by atoms with Crippen molar-refractivity contribution < 1.29 is 61.5 Å². The number of hydrogen-bond acceptors (Lipinski definition) is 6. The van der Waals surface area contributed by atoms with Gasteiger partial charge in [0.15, 0.2) is 0 Å². The van der Waals surface area contributed by atoms with Gasteiger partial charge < -0.3 is 9.59 Å². The van der Waals surface area contributed by atoms with E-state index in [1.54, 1.807) is 26.4 Å². The molecule has 0 aliphatic carbocycles. The molecule has 2 aliphatic heterocycles. The fourth-order valence-electron chi connectivity index (χ4n) is 1.92. The van der Waals surface area contributed by atoms with Crippen molar-refractivity contribution in [2.24, 2.45) is 5.41 Å². The molecule has 0 N–H and O–H groups in total. The summed E-state index contributed by atoms with van der Waals surface area (Å²) in [6.07, 6.45) is 5.47. The Labute approximate surface area is 166 Å². The van der Waals surface area contributed by atoms with Crippen LogP contribution in [0.25, 0.3) is 0 Å². The number of likely N-dealkylation sites (tertiary alicyclic amines) is 2. The van der Waals surface area contributed by atoms with Gasteiger partial charge in [0.2, 0.25) is 0 Å². The summed E-state index contributed by atoms with van der Waals surface area (Å²) in [5.74, 6) is -2.78. The molecule has 131 valence electrons. The normalized spacial score (nSPS) is 16.7. The molecule has 0 bridgehead atoms. The predicted octanol–water partition coefficient (Wildman–Crippen LogP) is -0.240. The van der Waals surface area contributed by atoms with E-state index in [1.807, 2.05) is 6.92 Å². The van der Waals surface area contributed by atoms with Crippen LogP contribution in [0.3, 0.4) is 0 Å². The second-order valence-corrected chi connectivity index (χ2v) is 4.67. The van der Waals surface area contributed by atoms with Crippen LogP contribution in [0.2, 0.25) is 0 Å². The Morgan fingerprint density at radius 2 is 1.29 bits per heavy atom. The van der Waals surface area contributed by atoms with E-state index in [-0.39, 0.29) is 39.3 Å². The summed E-state index contributed by atoms with van der Waals surface area (Å²) < 4.78 is 0. The number of rotatable bonds is 4. The quantitative estimate of drug-likeness (QED) is 0.358. The molecule has 2 saturated heterocycles. The maximum Gasteiger partial charge on any atom is 0.284 e. The van der Waals surface area contributed by atoms with Crippen LogP contribution < -0.4 is 0 Å². The van der Waals surface area contributed by atoms with Crippen molar-refractivity contribution in [1.82, 2.24) is 9.80 Å². The van der Waals surface area contributed by atoms with E-state index in [9.17, 15) is 24.0 Å². The molecule has 2 rings (SSSR count). The van der Waals surface area contributed by atoms with Gasteiger partial charge in [0, 0.05) is 46.3 Å². The standard InChI is InChI=1S/C8H8N2O4.C4H7O.C3H5O.Y/c1-3-10-6(13)8(7(10)14)4(11)9(2)5(8)12;1-2-3-4-5;1-2-3-4;/h3H2,1-2H3;2-3H2,1H3;2H2,1H3;/q;2*-1;. The van der Waals surface area contributed by atoms with Crippen molar-refractivity contribution in [2.75, 3.05) is 13.6 Å². The van der Waals surface area contributed by atoms with Crippen molar-refractivity contribution in [2.45, 2.75) is 40.0 Å². The Balaban J connectivity index is 0. The summed E-state index contributed by atoms with van der Waals surface area (Å²) in [5, 5.41) is 0. The predicted molar refractivity (Wildman–Crippen MR) is 79.2 cm³/mol. The molecule has 1 radical (unpaired) electrons. The van der Waals surface area contributed by atoms with Crippen molar-refractivity contribution >= 4 is 36.2 Å². The zero-order valence-corrected chi connectivity index (χ0v) is 17.1. The van der Waals surface area contributed by atoms with E-state index in [1.165, 1.54) is 7.05 Å². The van der Waals surface area contributed by atoms with Crippen LogP contribution in [0, 0.1) is 5.41 Å². The van der Waals surface area contributed by atoms with Crippen LogP contribution in [-0.2, 0) is 61.5 Å². The van der Waals surface area contributed by atoms with E-state index < -0.39 is 29.0 Å². The molecule has 2 fully saturated rings. The van der Waals surface area contributed by atoms with Gasteiger partial charge in [-0.25, -0.2) is 0 Å². The molecule has 9 heteroatoms. The Hall–Kier alpha value is -1.28. The van der Waals surface area contributed by atoms with Gasteiger partial charge in [-0.05, 0) is 6.92 Å². The molecule has 0 aromatic carbocycles. The van der Waals surface area contributed by atoms with Gasteiger partial charge in [-0.2, -0.15) is 12.8 Å². The molecule has 0 unspecified atom stereocenters. The smallest absolute Gasteiger partial charge is 0.284 e. The molecule has 0 saturated carbocycles. The molecular weight excluding hydrogens is 393 g/mol. The number of carbonyl (C=O) groups excluding carboxylic acids is 6. The molecule has 2 aliphatic rings. The zero-order chi connectivity index (χ0) is 18.2. The van der Waals surface area contributed by atoms with E-state index in [0.29, 0.717) is 12.8 Å². The third kappa shape index (κ3) is 4.22. The SMILES string of the molecule is CCC[C-]=O.CCN1C(=O)C2(C(=O)N(C)C2=O)C1=O.CC[C-]=O.[Y]. The number of amides is 4. The summed E-state index contributed by atoms with van der Waals surface area (Å²) in [7, 11) is 1.26. The second kappa shape index (κ2) is 11.3. The van der Waals surface area contributed by atoms with Crippen molar-refractivity contribution in [3.05, 3.63) is 0 Å². The Bertz CT molecular complexity index is 486. The molecular formula is C15H20N2O6Y-2. The minimum atomic E-state index is -1.98. The van der Waals surface area contributed by atoms with Crippen molar-refractivity contribution in [3.63, 3.8) is 0 Å². The van der Waals surface area contributed by atoms with E-state index in [4.69, 9.17) is 4.79 Å². The van der Waals surface area contributed by atoms with E-state index >= 15 is 0 Å². The Kier molecular flexibility index (Phi) is 11.8. The van der Waals surface area contributed by atoms with E-state index in [2.05, 4.69) is 0 Å². The van der Waals surface area contributed by atoms with Crippen LogP contribution >= 0.6 is 0 Å². The molecule has 8 nitrogen and oxygen atoms in total. The Morgan fingerprint density at radius 1 is 0.875 bits per heavy atom. The monoisotopic (exact) mass is 413 g/mol. The molecule has 2 heterocycles. The number of unbranched alkanes of at least 4 members (excludes halogenated alkanes) is 1. The molecule has 0 aromatic heterocycles. The third-order valence-corrected chi connectivity index (χ3v) is 3.20. The maximum atomic E-state index is 11.4. The maximum absolute atomic E-state index is 11.4. The van der Waals surface area contributed by atoms with Crippen LogP contribution in [0.1, 0.15) is 40.0 Å². The second-order valence-electron chi connectivity index (χ2n) is 4.67. The molecule has 1 spiro atoms. The summed E-state index contributed by atoms with van der Waals surface area (Å²) in [6, 6.07) is 0. The fraction of sp³-hybridized carbons (Fsp3) is 0.600. The first-order chi connectivity index (χ1) is 10.8. The van der Waals surface area contributed by atoms with Gasteiger partial charge in [0.05, 0.1) is 0 Å². The fourth-order valence-corrected chi connectivity index (χ4v) is 1.92. The largest absolute Gasteiger partial charge is 0.542 e. The zero-order valence-electron chi connectivity index (χ0n) is 14.2. The van der Waals surface area contributed by atoms with Gasteiger partial charge in [-0.15, -0.1) is 0 Å². The molecule has 4 amide bonds. The van der Waals surface area contributed by atoms with Crippen LogP contribution in [-0.4, -0.2) is 59.6 Å². The first-order valence-electron chi connectivity index (χ1n) is 7.21. The number of nitrogens with zero attached hydrogens (tertiary/aromatic N) is 2. The first kappa shape index (κ1) is 25.0. The minimum absolute atomic E-state index is 0. The summed E-state index contributed by atoms with van der Waals surface area (Å²) in [4.78, 5) is 65.4. The van der Waals surface area contributed by atoms with Gasteiger partial charge in [0.1, 0.15) is 0 Å². The van der Waals surface area contributed by atoms with Crippen LogP contribution in [0.15, 0.2) is 0 Å². The number of hydrogen-bond donors (Lipinski definition) is 0. The van der Waals surface area contributed by atoms with Gasteiger partial charge in [-0.3, -0.25) is 41.6 Å².